The number of primary amides is 1. The lowest BCUT2D eigenvalue weighted by atomic mass is 10.0. The third-order valence-electron chi connectivity index (χ3n) is 2.92. The summed E-state index contributed by atoms with van der Waals surface area (Å²) in [5, 5.41) is 1.84. The Labute approximate surface area is 129 Å². The molecule has 0 saturated carbocycles. The third kappa shape index (κ3) is 5.78. The van der Waals surface area contributed by atoms with Crippen LogP contribution in [0.25, 0.3) is 6.08 Å². The molecule has 0 radical (unpaired) electrons. The van der Waals surface area contributed by atoms with E-state index in [4.69, 9.17) is 10.5 Å². The second-order valence-electron chi connectivity index (χ2n) is 5.09. The summed E-state index contributed by atoms with van der Waals surface area (Å²) in [6.07, 6.45) is 1.71. The van der Waals surface area contributed by atoms with Crippen molar-refractivity contribution >= 4 is 24.0 Å². The van der Waals surface area contributed by atoms with Crippen LogP contribution in [0.4, 0.5) is 4.79 Å². The van der Waals surface area contributed by atoms with E-state index in [0.29, 0.717) is 5.92 Å². The quantitative estimate of drug-likeness (QED) is 0.641. The normalized spacial score (nSPS) is 12.2. The molecule has 6 nitrogen and oxygen atoms in total. The first-order valence-corrected chi connectivity index (χ1v) is 6.88. The minimum atomic E-state index is -1.10. The largest absolute Gasteiger partial charge is 0.449 e. The van der Waals surface area contributed by atoms with Gasteiger partial charge in [0.1, 0.15) is 0 Å². The van der Waals surface area contributed by atoms with Gasteiger partial charge in [-0.15, -0.1) is 0 Å². The minimum absolute atomic E-state index is 0.438. The summed E-state index contributed by atoms with van der Waals surface area (Å²) in [6, 6.07) is 6.76. The van der Waals surface area contributed by atoms with E-state index in [0.717, 1.165) is 5.56 Å². The van der Waals surface area contributed by atoms with Crippen LogP contribution in [0.2, 0.25) is 0 Å². The molecule has 0 aliphatic heterocycles. The van der Waals surface area contributed by atoms with E-state index >= 15 is 0 Å². The molecular formula is C16H20N2O4. The number of carbonyl (C=O) groups excluding carboxylic acids is 3. The summed E-state index contributed by atoms with van der Waals surface area (Å²) >= 11 is 0. The van der Waals surface area contributed by atoms with Gasteiger partial charge in [-0.25, -0.2) is 9.59 Å². The topological polar surface area (TPSA) is 98.5 Å². The fraction of sp³-hybridized carbons (Fsp3) is 0.312. The number of carbonyl (C=O) groups is 3. The molecule has 3 amide bonds. The molecule has 1 aromatic rings. The number of ether oxygens (including phenoxy) is 1. The Kier molecular flexibility index (Phi) is 6.31. The number of nitrogens with one attached hydrogen (secondary N) is 1. The molecule has 1 atom stereocenters. The van der Waals surface area contributed by atoms with E-state index in [1.807, 2.05) is 29.6 Å². The van der Waals surface area contributed by atoms with Crippen LogP contribution >= 0.6 is 0 Å². The van der Waals surface area contributed by atoms with Crippen molar-refractivity contribution < 1.29 is 19.1 Å². The Morgan fingerprint density at radius 1 is 1.14 bits per heavy atom. The Morgan fingerprint density at radius 3 is 2.23 bits per heavy atom. The molecule has 6 heteroatoms. The van der Waals surface area contributed by atoms with Crippen LogP contribution in [0.15, 0.2) is 30.3 Å². The van der Waals surface area contributed by atoms with Gasteiger partial charge in [-0.1, -0.05) is 38.1 Å². The fourth-order valence-electron chi connectivity index (χ4n) is 1.65. The monoisotopic (exact) mass is 304 g/mol. The first-order chi connectivity index (χ1) is 10.3. The van der Waals surface area contributed by atoms with E-state index < -0.39 is 24.0 Å². The molecule has 22 heavy (non-hydrogen) atoms. The molecule has 0 heterocycles. The van der Waals surface area contributed by atoms with Gasteiger partial charge in [0.2, 0.25) is 0 Å². The van der Waals surface area contributed by atoms with E-state index in [9.17, 15) is 14.4 Å². The van der Waals surface area contributed by atoms with Crippen molar-refractivity contribution in [2.75, 3.05) is 0 Å². The van der Waals surface area contributed by atoms with Crippen molar-refractivity contribution in [3.63, 3.8) is 0 Å². The maximum Gasteiger partial charge on any atom is 0.331 e. The first kappa shape index (κ1) is 17.4. The molecule has 1 rings (SSSR count). The number of amides is 3. The maximum atomic E-state index is 11.6. The zero-order valence-corrected chi connectivity index (χ0v) is 12.8. The summed E-state index contributed by atoms with van der Waals surface area (Å²) in [5.74, 6) is -1.01. The third-order valence-corrected chi connectivity index (χ3v) is 2.92. The SMILES string of the molecule is CC(OC(=O)/C=C/c1ccc(C(C)C)cc1)C(=O)NC(N)=O. The lowest BCUT2D eigenvalue weighted by Gasteiger charge is -2.10. The fourth-order valence-corrected chi connectivity index (χ4v) is 1.65. The second kappa shape index (κ2) is 7.97. The van der Waals surface area contributed by atoms with Crippen molar-refractivity contribution in [1.29, 1.82) is 0 Å². The molecule has 3 N–H and O–H groups in total. The molecule has 0 spiro atoms. The van der Waals surface area contributed by atoms with Gasteiger partial charge in [0, 0.05) is 6.08 Å². The van der Waals surface area contributed by atoms with Crippen LogP contribution in [-0.2, 0) is 14.3 Å². The summed E-state index contributed by atoms with van der Waals surface area (Å²) < 4.78 is 4.85. The van der Waals surface area contributed by atoms with Crippen LogP contribution in [-0.4, -0.2) is 24.0 Å². The van der Waals surface area contributed by atoms with Crippen molar-refractivity contribution in [3.05, 3.63) is 41.5 Å². The number of benzene rings is 1. The number of imide groups is 1. The first-order valence-electron chi connectivity index (χ1n) is 6.88. The number of nitrogens with two attached hydrogens (primary N) is 1. The molecule has 0 aliphatic carbocycles. The molecular weight excluding hydrogens is 284 g/mol. The molecule has 1 aromatic carbocycles. The Balaban J connectivity index is 2.57. The van der Waals surface area contributed by atoms with Crippen molar-refractivity contribution in [1.82, 2.24) is 5.32 Å². The summed E-state index contributed by atoms with van der Waals surface area (Å²) in [4.78, 5) is 33.5. The average molecular weight is 304 g/mol. The van der Waals surface area contributed by atoms with Gasteiger partial charge in [0.25, 0.3) is 5.91 Å². The standard InChI is InChI=1S/C16H20N2O4/c1-10(2)13-7-4-12(5-8-13)6-9-14(19)22-11(3)15(20)18-16(17)21/h4-11H,1-3H3,(H3,17,18,20,21)/b9-6+. The Hall–Kier alpha value is -2.63. The maximum absolute atomic E-state index is 11.6. The van der Waals surface area contributed by atoms with E-state index in [-0.39, 0.29) is 0 Å². The van der Waals surface area contributed by atoms with Crippen molar-refractivity contribution in [2.24, 2.45) is 5.73 Å². The lowest BCUT2D eigenvalue weighted by molar-refractivity contribution is -0.149. The van der Waals surface area contributed by atoms with Crippen LogP contribution in [0.1, 0.15) is 37.8 Å². The number of rotatable bonds is 5. The molecule has 0 aromatic heterocycles. The van der Waals surface area contributed by atoms with Crippen LogP contribution in [0, 0.1) is 0 Å². The van der Waals surface area contributed by atoms with E-state index in [2.05, 4.69) is 13.8 Å². The van der Waals surface area contributed by atoms with Crippen LogP contribution < -0.4 is 11.1 Å². The highest BCUT2D eigenvalue weighted by Gasteiger charge is 2.17. The number of esters is 1. The predicted molar refractivity (Wildman–Crippen MR) is 82.8 cm³/mol. The lowest BCUT2D eigenvalue weighted by Crippen LogP contribution is -2.42. The summed E-state index contributed by atoms with van der Waals surface area (Å²) in [6.45, 7) is 5.54. The van der Waals surface area contributed by atoms with Crippen molar-refractivity contribution in [3.8, 4) is 0 Å². The Bertz CT molecular complexity index is 576. The smallest absolute Gasteiger partial charge is 0.331 e. The molecule has 0 fully saturated rings. The highest BCUT2D eigenvalue weighted by Crippen LogP contribution is 2.15. The average Bonchev–Trinajstić information content (AvgIpc) is 2.44. The van der Waals surface area contributed by atoms with Gasteiger partial charge in [0.15, 0.2) is 6.10 Å². The summed E-state index contributed by atoms with van der Waals surface area (Å²) in [5.41, 5.74) is 6.85. The molecule has 0 saturated heterocycles. The van der Waals surface area contributed by atoms with Gasteiger partial charge >= 0.3 is 12.0 Å². The van der Waals surface area contributed by atoms with Crippen LogP contribution in [0.5, 0.6) is 0 Å². The van der Waals surface area contributed by atoms with Gasteiger partial charge in [-0.3, -0.25) is 10.1 Å². The number of hydrogen-bond acceptors (Lipinski definition) is 4. The molecule has 118 valence electrons. The van der Waals surface area contributed by atoms with Gasteiger partial charge in [-0.05, 0) is 30.0 Å². The zero-order valence-electron chi connectivity index (χ0n) is 12.8. The van der Waals surface area contributed by atoms with Gasteiger partial charge < -0.3 is 10.5 Å². The molecule has 1 unspecified atom stereocenters. The van der Waals surface area contributed by atoms with E-state index in [1.54, 1.807) is 6.08 Å². The van der Waals surface area contributed by atoms with Gasteiger partial charge in [0.05, 0.1) is 0 Å². The Morgan fingerprint density at radius 2 is 1.73 bits per heavy atom. The van der Waals surface area contributed by atoms with Crippen LogP contribution in [0.3, 0.4) is 0 Å². The molecule has 0 bridgehead atoms. The van der Waals surface area contributed by atoms with Gasteiger partial charge in [-0.2, -0.15) is 0 Å². The summed E-state index contributed by atoms with van der Waals surface area (Å²) in [7, 11) is 0. The number of hydrogen-bond donors (Lipinski definition) is 2. The van der Waals surface area contributed by atoms with E-state index in [1.165, 1.54) is 18.6 Å². The second-order valence-corrected chi connectivity index (χ2v) is 5.09. The minimum Gasteiger partial charge on any atom is -0.449 e. The molecule has 0 aliphatic rings. The van der Waals surface area contributed by atoms with Crippen molar-refractivity contribution in [2.45, 2.75) is 32.8 Å². The predicted octanol–water partition coefficient (Wildman–Crippen LogP) is 1.95. The number of urea groups is 1. The highest BCUT2D eigenvalue weighted by molar-refractivity contribution is 5.97. The zero-order chi connectivity index (χ0) is 16.7. The highest BCUT2D eigenvalue weighted by atomic mass is 16.5.